The molecule has 0 N–H and O–H groups in total. The second-order valence-electron chi connectivity index (χ2n) is 7.16. The second kappa shape index (κ2) is 8.33. The Morgan fingerprint density at radius 2 is 2.00 bits per heavy atom. The maximum atomic E-state index is 13.8. The van der Waals surface area contributed by atoms with Crippen molar-refractivity contribution in [3.05, 3.63) is 82.3 Å². The molecular formula is C22H15ClFN4O3S+. The molecule has 3 heterocycles. The number of thioether (sulfide) groups is 1. The van der Waals surface area contributed by atoms with E-state index in [1.807, 2.05) is 30.3 Å². The fraction of sp³-hybridized carbons (Fsp3) is 0.136. The molecule has 0 radical (unpaired) electrons. The zero-order valence-corrected chi connectivity index (χ0v) is 18.0. The molecule has 2 aliphatic rings. The minimum Gasteiger partial charge on any atom is -0.335 e. The maximum absolute atomic E-state index is 13.8. The highest BCUT2D eigenvalue weighted by Gasteiger charge is 2.49. The molecule has 0 fully saturated rings. The molecule has 1 aromatic heterocycles. The van der Waals surface area contributed by atoms with Crippen LogP contribution in [0.1, 0.15) is 11.5 Å². The van der Waals surface area contributed by atoms with Gasteiger partial charge >= 0.3 is 11.9 Å². The van der Waals surface area contributed by atoms with Crippen LogP contribution in [0.25, 0.3) is 11.4 Å². The Balaban J connectivity index is 1.44. The first-order valence-corrected chi connectivity index (χ1v) is 11.0. The van der Waals surface area contributed by atoms with Gasteiger partial charge in [0.1, 0.15) is 18.1 Å². The van der Waals surface area contributed by atoms with E-state index in [-0.39, 0.29) is 35.7 Å². The van der Waals surface area contributed by atoms with Crippen LogP contribution in [-0.4, -0.2) is 42.5 Å². The Morgan fingerprint density at radius 3 is 2.78 bits per heavy atom. The lowest BCUT2D eigenvalue weighted by molar-refractivity contribution is -0.458. The topological polar surface area (TPSA) is 79.3 Å². The largest absolute Gasteiger partial charge is 0.501 e. The van der Waals surface area contributed by atoms with Crippen molar-refractivity contribution in [2.45, 2.75) is 18.3 Å². The number of rotatable bonds is 5. The SMILES string of the molecule is O=C1C2SC=CC2=[N+](Cc2nc(-c3ccc(Cl)c(F)c3)no2)C(=O)N1Cc1ccccc1. The van der Waals surface area contributed by atoms with E-state index < -0.39 is 17.1 Å². The summed E-state index contributed by atoms with van der Waals surface area (Å²) in [5.74, 6) is -0.518. The van der Waals surface area contributed by atoms with Crippen molar-refractivity contribution >= 4 is 41.0 Å². The number of fused-ring (bicyclic) bond motifs is 1. The summed E-state index contributed by atoms with van der Waals surface area (Å²) in [4.78, 5) is 31.8. The van der Waals surface area contributed by atoms with Crippen LogP contribution in [0, 0.1) is 5.82 Å². The van der Waals surface area contributed by atoms with Gasteiger partial charge < -0.3 is 4.52 Å². The van der Waals surface area contributed by atoms with Gasteiger partial charge in [0.25, 0.3) is 5.89 Å². The third kappa shape index (κ3) is 3.74. The van der Waals surface area contributed by atoms with Gasteiger partial charge in [0.05, 0.1) is 5.02 Å². The predicted octanol–water partition coefficient (Wildman–Crippen LogP) is 4.27. The zero-order valence-electron chi connectivity index (χ0n) is 16.4. The van der Waals surface area contributed by atoms with Crippen LogP contribution in [0.4, 0.5) is 9.18 Å². The van der Waals surface area contributed by atoms with Crippen molar-refractivity contribution in [3.8, 4) is 11.4 Å². The molecule has 160 valence electrons. The molecule has 0 saturated heterocycles. The number of amides is 3. The molecule has 5 rings (SSSR count). The molecule has 10 heteroatoms. The molecule has 0 bridgehead atoms. The number of urea groups is 1. The van der Waals surface area contributed by atoms with E-state index in [0.717, 1.165) is 5.56 Å². The average Bonchev–Trinajstić information content (AvgIpc) is 3.47. The summed E-state index contributed by atoms with van der Waals surface area (Å²) in [6.45, 7) is 0.149. The van der Waals surface area contributed by atoms with Crippen molar-refractivity contribution in [2.75, 3.05) is 0 Å². The number of hydrogen-bond acceptors (Lipinski definition) is 6. The van der Waals surface area contributed by atoms with Crippen molar-refractivity contribution in [3.63, 3.8) is 0 Å². The number of imide groups is 1. The second-order valence-corrected chi connectivity index (χ2v) is 8.59. The third-order valence-electron chi connectivity index (χ3n) is 5.11. The van der Waals surface area contributed by atoms with Crippen LogP contribution in [-0.2, 0) is 17.9 Å². The van der Waals surface area contributed by atoms with Gasteiger partial charge in [-0.3, -0.25) is 0 Å². The number of nitrogens with zero attached hydrogens (tertiary/aromatic N) is 4. The van der Waals surface area contributed by atoms with Crippen LogP contribution in [0.5, 0.6) is 0 Å². The Morgan fingerprint density at radius 1 is 1.19 bits per heavy atom. The van der Waals surface area contributed by atoms with Crippen molar-refractivity contribution < 1.29 is 23.1 Å². The lowest BCUT2D eigenvalue weighted by Crippen LogP contribution is -2.54. The van der Waals surface area contributed by atoms with Gasteiger partial charge in [-0.1, -0.05) is 47.1 Å². The summed E-state index contributed by atoms with van der Waals surface area (Å²) < 4.78 is 20.6. The Kier molecular flexibility index (Phi) is 5.36. The predicted molar refractivity (Wildman–Crippen MR) is 117 cm³/mol. The number of hydrogen-bond donors (Lipinski definition) is 0. The lowest BCUT2D eigenvalue weighted by Gasteiger charge is -2.23. The molecule has 0 saturated carbocycles. The quantitative estimate of drug-likeness (QED) is 0.519. The van der Waals surface area contributed by atoms with Gasteiger partial charge in [0.2, 0.25) is 5.82 Å². The number of halogens is 2. The summed E-state index contributed by atoms with van der Waals surface area (Å²) in [5, 5.41) is 5.16. The van der Waals surface area contributed by atoms with E-state index >= 15 is 0 Å². The first-order chi connectivity index (χ1) is 15.5. The fourth-order valence-corrected chi connectivity index (χ4v) is 4.61. The minimum absolute atomic E-state index is 0.00693. The van der Waals surface area contributed by atoms with E-state index in [1.54, 1.807) is 17.6 Å². The van der Waals surface area contributed by atoms with Gasteiger partial charge in [-0.25, -0.2) is 9.18 Å². The van der Waals surface area contributed by atoms with Crippen molar-refractivity contribution in [1.29, 1.82) is 0 Å². The Bertz CT molecular complexity index is 1290. The number of aromatic nitrogens is 2. The molecule has 0 spiro atoms. The van der Waals surface area contributed by atoms with Gasteiger partial charge in [-0.05, 0) is 35.2 Å². The van der Waals surface area contributed by atoms with Gasteiger partial charge in [-0.15, -0.1) is 11.8 Å². The van der Waals surface area contributed by atoms with Crippen molar-refractivity contribution in [2.24, 2.45) is 0 Å². The molecule has 3 aromatic rings. The molecule has 7 nitrogen and oxygen atoms in total. The Hall–Kier alpha value is -3.30. The van der Waals surface area contributed by atoms with Crippen LogP contribution in [0.3, 0.4) is 0 Å². The molecule has 1 atom stereocenters. The summed E-state index contributed by atoms with van der Waals surface area (Å²) in [7, 11) is 0. The standard InChI is InChI=1S/C22H15ClFN4O3S/c23-15-7-6-14(10-16(15)24)20-25-18(31-26-20)12-27-17-8-9-32-19(17)21(29)28(22(27)30)11-13-4-2-1-3-5-13/h1-10,19H,11-12H2/q+1. The smallest absolute Gasteiger partial charge is 0.335 e. The minimum atomic E-state index is -0.594. The summed E-state index contributed by atoms with van der Waals surface area (Å²) in [6.07, 6.45) is 1.75. The molecule has 1 unspecified atom stereocenters. The van der Waals surface area contributed by atoms with Crippen LogP contribution in [0.15, 0.2) is 64.5 Å². The number of carbonyl (C=O) groups is 2. The van der Waals surface area contributed by atoms with E-state index in [9.17, 15) is 14.0 Å². The summed E-state index contributed by atoms with van der Waals surface area (Å²) in [5.41, 5.74) is 1.82. The van der Waals surface area contributed by atoms with Gasteiger partial charge in [-0.2, -0.15) is 19.3 Å². The third-order valence-corrected chi connectivity index (χ3v) is 6.42. The normalized spacial score (nSPS) is 17.9. The van der Waals surface area contributed by atoms with E-state index in [2.05, 4.69) is 10.1 Å². The molecule has 32 heavy (non-hydrogen) atoms. The summed E-state index contributed by atoms with van der Waals surface area (Å²) >= 11 is 7.07. The van der Waals surface area contributed by atoms with E-state index in [4.69, 9.17) is 16.1 Å². The fourth-order valence-electron chi connectivity index (χ4n) is 3.53. The highest BCUT2D eigenvalue weighted by molar-refractivity contribution is 8.04. The number of benzene rings is 2. The van der Waals surface area contributed by atoms with Crippen LogP contribution in [0.2, 0.25) is 5.02 Å². The number of allylic oxidation sites excluding steroid dienone is 1. The summed E-state index contributed by atoms with van der Waals surface area (Å²) in [6, 6.07) is 13.0. The van der Waals surface area contributed by atoms with E-state index in [1.165, 1.54) is 33.4 Å². The van der Waals surface area contributed by atoms with Crippen molar-refractivity contribution in [1.82, 2.24) is 15.0 Å². The first-order valence-electron chi connectivity index (χ1n) is 9.65. The molecule has 2 aromatic carbocycles. The highest BCUT2D eigenvalue weighted by atomic mass is 35.5. The Labute approximate surface area is 191 Å². The lowest BCUT2D eigenvalue weighted by atomic mass is 10.1. The average molecular weight is 470 g/mol. The zero-order chi connectivity index (χ0) is 22.2. The molecule has 0 aliphatic carbocycles. The van der Waals surface area contributed by atoms with Crippen LogP contribution >= 0.6 is 23.4 Å². The monoisotopic (exact) mass is 469 g/mol. The molecule has 2 aliphatic heterocycles. The van der Waals surface area contributed by atoms with Gasteiger partial charge in [0.15, 0.2) is 11.8 Å². The first kappa shape index (κ1) is 20.6. The van der Waals surface area contributed by atoms with Crippen LogP contribution < -0.4 is 0 Å². The highest BCUT2D eigenvalue weighted by Crippen LogP contribution is 2.29. The van der Waals surface area contributed by atoms with E-state index in [0.29, 0.717) is 11.3 Å². The molecule has 3 amide bonds. The molecular weight excluding hydrogens is 455 g/mol. The van der Waals surface area contributed by atoms with Gasteiger partial charge in [0, 0.05) is 5.56 Å². The maximum Gasteiger partial charge on any atom is 0.501 e. The number of carbonyl (C=O) groups excluding carboxylic acids is 2.